The first kappa shape index (κ1) is 18.9. The lowest BCUT2D eigenvalue weighted by Gasteiger charge is -2.28. The fourth-order valence-electron chi connectivity index (χ4n) is 4.20. The maximum Gasteiger partial charge on any atom is 0.270 e. The molecule has 6 heteroatoms. The quantitative estimate of drug-likeness (QED) is 0.852. The number of nitrogens with zero attached hydrogens (tertiary/aromatic N) is 3. The van der Waals surface area contributed by atoms with Crippen LogP contribution in [0.1, 0.15) is 58.6 Å². The number of carbonyl (C=O) groups is 1. The van der Waals surface area contributed by atoms with Gasteiger partial charge in [-0.05, 0) is 55.9 Å². The van der Waals surface area contributed by atoms with Gasteiger partial charge in [0.15, 0.2) is 0 Å². The first-order chi connectivity index (χ1) is 13.5. The summed E-state index contributed by atoms with van der Waals surface area (Å²) in [6.07, 6.45) is 6.73. The molecule has 1 aliphatic carbocycles. The van der Waals surface area contributed by atoms with Crippen LogP contribution in [0.5, 0.6) is 0 Å². The molecule has 3 heterocycles. The van der Waals surface area contributed by atoms with E-state index in [-0.39, 0.29) is 11.9 Å². The fraction of sp³-hybridized carbons (Fsp3) is 0.500. The van der Waals surface area contributed by atoms with Crippen molar-refractivity contribution in [3.8, 4) is 0 Å². The highest BCUT2D eigenvalue weighted by Gasteiger charge is 2.28. The zero-order valence-electron chi connectivity index (χ0n) is 16.6. The van der Waals surface area contributed by atoms with E-state index in [9.17, 15) is 9.90 Å². The molecule has 0 spiro atoms. The third kappa shape index (κ3) is 3.87. The van der Waals surface area contributed by atoms with Crippen molar-refractivity contribution in [2.75, 3.05) is 18.5 Å². The van der Waals surface area contributed by atoms with Gasteiger partial charge in [0.1, 0.15) is 11.5 Å². The predicted octanol–water partition coefficient (Wildman–Crippen LogP) is 2.40. The second-order valence-electron chi connectivity index (χ2n) is 8.06. The molecule has 0 aromatic carbocycles. The first-order valence-electron chi connectivity index (χ1n) is 10.2. The number of aliphatic hydroxyl groups is 1. The van der Waals surface area contributed by atoms with E-state index in [1.54, 1.807) is 0 Å². The van der Waals surface area contributed by atoms with Crippen molar-refractivity contribution in [3.63, 3.8) is 0 Å². The molecule has 0 saturated heterocycles. The van der Waals surface area contributed by atoms with Gasteiger partial charge >= 0.3 is 0 Å². The fourth-order valence-corrected chi connectivity index (χ4v) is 4.20. The van der Waals surface area contributed by atoms with Crippen molar-refractivity contribution in [2.24, 2.45) is 0 Å². The zero-order chi connectivity index (χ0) is 19.7. The van der Waals surface area contributed by atoms with Crippen molar-refractivity contribution in [1.82, 2.24) is 15.3 Å². The van der Waals surface area contributed by atoms with Crippen LogP contribution < -0.4 is 10.2 Å². The van der Waals surface area contributed by atoms with Gasteiger partial charge in [-0.15, -0.1) is 0 Å². The monoisotopic (exact) mass is 380 g/mol. The van der Waals surface area contributed by atoms with Gasteiger partial charge in [-0.1, -0.05) is 18.9 Å². The molecule has 1 amide bonds. The van der Waals surface area contributed by atoms with Crippen molar-refractivity contribution in [1.29, 1.82) is 0 Å². The number of aliphatic hydroxyl groups excluding tert-OH is 1. The summed E-state index contributed by atoms with van der Waals surface area (Å²) in [6.45, 7) is 2.89. The van der Waals surface area contributed by atoms with Gasteiger partial charge in [-0.2, -0.15) is 0 Å². The molecule has 2 N–H and O–H groups in total. The van der Waals surface area contributed by atoms with Gasteiger partial charge in [0.2, 0.25) is 0 Å². The van der Waals surface area contributed by atoms with E-state index in [0.717, 1.165) is 67.7 Å². The lowest BCUT2D eigenvalue weighted by Crippen LogP contribution is -2.45. The molecular formula is C22H28N4O2. The van der Waals surface area contributed by atoms with Crippen LogP contribution >= 0.6 is 0 Å². The zero-order valence-corrected chi connectivity index (χ0v) is 16.6. The van der Waals surface area contributed by atoms with Crippen LogP contribution in [0.15, 0.2) is 24.4 Å². The van der Waals surface area contributed by atoms with Crippen molar-refractivity contribution >= 4 is 11.7 Å². The number of rotatable bonds is 4. The highest BCUT2D eigenvalue weighted by Crippen LogP contribution is 2.30. The number of fused-ring (bicyclic) bond motifs is 1. The van der Waals surface area contributed by atoms with Gasteiger partial charge in [-0.3, -0.25) is 9.78 Å². The Labute approximate surface area is 166 Å². The lowest BCUT2D eigenvalue weighted by atomic mass is 9.92. The average Bonchev–Trinajstić information content (AvgIpc) is 3.07. The Kier molecular flexibility index (Phi) is 5.31. The van der Waals surface area contributed by atoms with E-state index < -0.39 is 6.10 Å². The maximum atomic E-state index is 12.9. The van der Waals surface area contributed by atoms with E-state index in [1.807, 2.05) is 32.3 Å². The van der Waals surface area contributed by atoms with Crippen LogP contribution in [0.2, 0.25) is 0 Å². The van der Waals surface area contributed by atoms with E-state index in [1.165, 1.54) is 5.56 Å². The number of anilines is 1. The molecule has 1 fully saturated rings. The summed E-state index contributed by atoms with van der Waals surface area (Å²) in [7, 11) is 2.02. The minimum atomic E-state index is -0.465. The van der Waals surface area contributed by atoms with Crippen LogP contribution in [-0.2, 0) is 12.8 Å². The van der Waals surface area contributed by atoms with Gasteiger partial charge < -0.3 is 15.3 Å². The Morgan fingerprint density at radius 3 is 2.89 bits per heavy atom. The van der Waals surface area contributed by atoms with Gasteiger partial charge in [0.05, 0.1) is 12.1 Å². The molecule has 0 radical (unpaired) electrons. The highest BCUT2D eigenvalue weighted by atomic mass is 16.3. The van der Waals surface area contributed by atoms with Crippen LogP contribution in [0, 0.1) is 6.92 Å². The Bertz CT molecular complexity index is 866. The SMILES string of the molecule is Cc1ccc(Cc2cc(C(=O)N[C@H]3CCCC[C@@H]3O)nc3c2CCN3C)cn1. The van der Waals surface area contributed by atoms with Crippen LogP contribution in [-0.4, -0.2) is 46.7 Å². The van der Waals surface area contributed by atoms with Crippen LogP contribution in [0.3, 0.4) is 0 Å². The molecule has 28 heavy (non-hydrogen) atoms. The minimum absolute atomic E-state index is 0.182. The summed E-state index contributed by atoms with van der Waals surface area (Å²) in [6, 6.07) is 5.84. The molecule has 0 unspecified atom stereocenters. The molecule has 4 rings (SSSR count). The van der Waals surface area contributed by atoms with Crippen molar-refractivity contribution in [2.45, 2.75) is 57.6 Å². The van der Waals surface area contributed by atoms with E-state index >= 15 is 0 Å². The maximum absolute atomic E-state index is 12.9. The summed E-state index contributed by atoms with van der Waals surface area (Å²) in [5.41, 5.74) is 4.91. The third-order valence-electron chi connectivity index (χ3n) is 5.90. The molecular weight excluding hydrogens is 352 g/mol. The number of aromatic nitrogens is 2. The van der Waals surface area contributed by atoms with Crippen molar-refractivity contribution < 1.29 is 9.90 Å². The summed E-state index contributed by atoms with van der Waals surface area (Å²) < 4.78 is 0. The van der Waals surface area contributed by atoms with Crippen molar-refractivity contribution in [3.05, 3.63) is 52.5 Å². The molecule has 6 nitrogen and oxygen atoms in total. The minimum Gasteiger partial charge on any atom is -0.391 e. The predicted molar refractivity (Wildman–Crippen MR) is 109 cm³/mol. The summed E-state index contributed by atoms with van der Waals surface area (Å²) in [5.74, 6) is 0.698. The molecule has 2 aromatic rings. The van der Waals surface area contributed by atoms with Crippen LogP contribution in [0.4, 0.5) is 5.82 Å². The number of nitrogens with one attached hydrogen (secondary N) is 1. The second-order valence-corrected chi connectivity index (χ2v) is 8.06. The number of aryl methyl sites for hydroxylation is 1. The largest absolute Gasteiger partial charge is 0.391 e. The molecule has 2 atom stereocenters. The number of pyridine rings is 2. The Morgan fingerprint density at radius 1 is 1.32 bits per heavy atom. The Morgan fingerprint density at radius 2 is 2.14 bits per heavy atom. The summed E-state index contributed by atoms with van der Waals surface area (Å²) in [4.78, 5) is 24.1. The standard InChI is InChI=1S/C22H28N4O2/c1-14-7-8-15(13-23-14)11-16-12-19(24-21-17(16)9-10-26(21)2)22(28)25-18-5-3-4-6-20(18)27/h7-8,12-13,18,20,27H,3-6,9-11H2,1-2H3,(H,25,28)/t18-,20-/m0/s1. The van der Waals surface area contributed by atoms with Gasteiger partial charge in [0, 0.05) is 31.0 Å². The van der Waals surface area contributed by atoms with E-state index in [4.69, 9.17) is 0 Å². The third-order valence-corrected chi connectivity index (χ3v) is 5.90. The Balaban J connectivity index is 1.61. The molecule has 148 valence electrons. The molecule has 2 aromatic heterocycles. The Hall–Kier alpha value is -2.47. The number of carbonyl (C=O) groups excluding carboxylic acids is 1. The molecule has 2 aliphatic rings. The van der Waals surface area contributed by atoms with Gasteiger partial charge in [-0.25, -0.2) is 4.98 Å². The topological polar surface area (TPSA) is 78.3 Å². The number of hydrogen-bond acceptors (Lipinski definition) is 5. The highest BCUT2D eigenvalue weighted by molar-refractivity contribution is 5.93. The number of amides is 1. The second kappa shape index (κ2) is 7.87. The van der Waals surface area contributed by atoms with Crippen LogP contribution in [0.25, 0.3) is 0 Å². The van der Waals surface area contributed by atoms with Gasteiger partial charge in [0.25, 0.3) is 5.91 Å². The van der Waals surface area contributed by atoms with E-state index in [0.29, 0.717) is 5.69 Å². The molecule has 0 bridgehead atoms. The average molecular weight is 380 g/mol. The summed E-state index contributed by atoms with van der Waals surface area (Å²) >= 11 is 0. The first-order valence-corrected chi connectivity index (χ1v) is 10.2. The molecule has 1 aliphatic heterocycles. The normalized spacial score (nSPS) is 21.5. The molecule has 1 saturated carbocycles. The number of hydrogen-bond donors (Lipinski definition) is 2. The summed E-state index contributed by atoms with van der Waals surface area (Å²) in [5, 5.41) is 13.2. The number of likely N-dealkylation sites (N-methyl/N-ethyl adjacent to an activating group) is 1. The van der Waals surface area contributed by atoms with E-state index in [2.05, 4.69) is 26.3 Å². The smallest absolute Gasteiger partial charge is 0.270 e. The lowest BCUT2D eigenvalue weighted by molar-refractivity contribution is 0.0714.